The first-order chi connectivity index (χ1) is 5.82. The van der Waals surface area contributed by atoms with Crippen molar-refractivity contribution in [2.24, 2.45) is 11.1 Å². The Balaban J connectivity index is 2.49. The van der Waals surface area contributed by atoms with Crippen molar-refractivity contribution < 1.29 is 9.90 Å². The number of hydrogen-bond acceptors (Lipinski definition) is 3. The second-order valence-corrected chi connectivity index (χ2v) is 4.74. The van der Waals surface area contributed by atoms with E-state index in [0.29, 0.717) is 13.1 Å². The number of nitrogens with two attached hydrogens (primary N) is 1. The first kappa shape index (κ1) is 10.5. The lowest BCUT2D eigenvalue weighted by Gasteiger charge is -2.40. The predicted octanol–water partition coefficient (Wildman–Crippen LogP) is -0.437. The molecule has 0 unspecified atom stereocenters. The van der Waals surface area contributed by atoms with Gasteiger partial charge >= 0.3 is 0 Å². The van der Waals surface area contributed by atoms with Crippen LogP contribution in [0, 0.1) is 5.41 Å². The molecule has 1 saturated heterocycles. The molecule has 76 valence electrons. The van der Waals surface area contributed by atoms with E-state index in [1.165, 1.54) is 0 Å². The van der Waals surface area contributed by atoms with E-state index < -0.39 is 6.04 Å². The third-order valence-electron chi connectivity index (χ3n) is 2.37. The number of carbonyl (C=O) groups is 1. The molecule has 0 saturated carbocycles. The SMILES string of the molecule is CC(C)(C)[C@H](N)C(=O)N1CC(O)C1. The van der Waals surface area contributed by atoms with Crippen LogP contribution in [0.2, 0.25) is 0 Å². The quantitative estimate of drug-likeness (QED) is 0.583. The van der Waals surface area contributed by atoms with Crippen molar-refractivity contribution in [3.05, 3.63) is 0 Å². The third-order valence-corrected chi connectivity index (χ3v) is 2.37. The molecular formula is C9H18N2O2. The van der Waals surface area contributed by atoms with Gasteiger partial charge in [0.15, 0.2) is 0 Å². The van der Waals surface area contributed by atoms with Crippen LogP contribution in [-0.4, -0.2) is 41.1 Å². The molecular weight excluding hydrogens is 168 g/mol. The van der Waals surface area contributed by atoms with Crippen LogP contribution in [0.25, 0.3) is 0 Å². The molecule has 0 aliphatic carbocycles. The third kappa shape index (κ3) is 2.19. The van der Waals surface area contributed by atoms with Crippen LogP contribution in [-0.2, 0) is 4.79 Å². The van der Waals surface area contributed by atoms with E-state index in [4.69, 9.17) is 10.8 Å². The van der Waals surface area contributed by atoms with E-state index in [1.807, 2.05) is 20.8 Å². The first-order valence-electron chi connectivity index (χ1n) is 4.55. The second kappa shape index (κ2) is 3.27. The predicted molar refractivity (Wildman–Crippen MR) is 50.0 cm³/mol. The lowest BCUT2D eigenvalue weighted by atomic mass is 9.86. The summed E-state index contributed by atoms with van der Waals surface area (Å²) in [6, 6.07) is -0.472. The van der Waals surface area contributed by atoms with Gasteiger partial charge in [-0.25, -0.2) is 0 Å². The minimum atomic E-state index is -0.472. The van der Waals surface area contributed by atoms with Crippen molar-refractivity contribution in [3.8, 4) is 0 Å². The van der Waals surface area contributed by atoms with Crippen molar-refractivity contribution in [3.63, 3.8) is 0 Å². The van der Waals surface area contributed by atoms with Gasteiger partial charge in [0.2, 0.25) is 5.91 Å². The molecule has 1 aliphatic rings. The van der Waals surface area contributed by atoms with E-state index in [-0.39, 0.29) is 17.4 Å². The van der Waals surface area contributed by atoms with Crippen molar-refractivity contribution in [2.75, 3.05) is 13.1 Å². The zero-order valence-electron chi connectivity index (χ0n) is 8.45. The molecule has 1 atom stereocenters. The van der Waals surface area contributed by atoms with E-state index in [9.17, 15) is 4.79 Å². The topological polar surface area (TPSA) is 66.6 Å². The van der Waals surface area contributed by atoms with Crippen molar-refractivity contribution in [1.82, 2.24) is 4.90 Å². The highest BCUT2D eigenvalue weighted by molar-refractivity contribution is 5.83. The molecule has 1 amide bonds. The number of aliphatic hydroxyl groups excluding tert-OH is 1. The number of aliphatic hydroxyl groups is 1. The molecule has 4 heteroatoms. The Morgan fingerprint density at radius 2 is 2.00 bits per heavy atom. The Kier molecular flexibility index (Phi) is 2.63. The summed E-state index contributed by atoms with van der Waals surface area (Å²) in [7, 11) is 0. The standard InChI is InChI=1S/C9H18N2O2/c1-9(2,3)7(10)8(13)11-4-6(12)5-11/h6-7,12H,4-5,10H2,1-3H3/t7-/m1/s1. The monoisotopic (exact) mass is 186 g/mol. The van der Waals surface area contributed by atoms with E-state index in [2.05, 4.69) is 0 Å². The highest BCUT2D eigenvalue weighted by Gasteiger charge is 2.36. The molecule has 0 aromatic heterocycles. The number of nitrogens with zero attached hydrogens (tertiary/aromatic N) is 1. The van der Waals surface area contributed by atoms with Crippen molar-refractivity contribution >= 4 is 5.91 Å². The number of likely N-dealkylation sites (tertiary alicyclic amines) is 1. The molecule has 1 fully saturated rings. The summed E-state index contributed by atoms with van der Waals surface area (Å²) in [5.74, 6) is -0.0576. The normalized spacial score (nSPS) is 21.2. The van der Waals surface area contributed by atoms with Crippen molar-refractivity contribution in [1.29, 1.82) is 0 Å². The molecule has 0 spiro atoms. The minimum absolute atomic E-state index is 0.0576. The van der Waals surface area contributed by atoms with Gasteiger partial charge in [-0.2, -0.15) is 0 Å². The smallest absolute Gasteiger partial charge is 0.240 e. The molecule has 13 heavy (non-hydrogen) atoms. The molecule has 4 nitrogen and oxygen atoms in total. The maximum atomic E-state index is 11.6. The summed E-state index contributed by atoms with van der Waals surface area (Å²) >= 11 is 0. The highest BCUT2D eigenvalue weighted by atomic mass is 16.3. The zero-order chi connectivity index (χ0) is 10.2. The molecule has 0 aromatic carbocycles. The van der Waals surface area contributed by atoms with Crippen LogP contribution < -0.4 is 5.73 Å². The summed E-state index contributed by atoms with van der Waals surface area (Å²) in [4.78, 5) is 13.2. The largest absolute Gasteiger partial charge is 0.389 e. The summed E-state index contributed by atoms with van der Waals surface area (Å²) in [6.45, 7) is 6.68. The fraction of sp³-hybridized carbons (Fsp3) is 0.889. The molecule has 1 heterocycles. The maximum absolute atomic E-state index is 11.6. The van der Waals surface area contributed by atoms with Gasteiger partial charge in [0.05, 0.1) is 12.1 Å². The van der Waals surface area contributed by atoms with Crippen LogP contribution in [0.15, 0.2) is 0 Å². The number of rotatable bonds is 1. The number of carbonyl (C=O) groups excluding carboxylic acids is 1. The lowest BCUT2D eigenvalue weighted by Crippen LogP contribution is -2.60. The van der Waals surface area contributed by atoms with E-state index >= 15 is 0 Å². The summed E-state index contributed by atoms with van der Waals surface area (Å²) < 4.78 is 0. The average molecular weight is 186 g/mol. The van der Waals surface area contributed by atoms with E-state index in [1.54, 1.807) is 4.90 Å². The van der Waals surface area contributed by atoms with Crippen LogP contribution in [0.5, 0.6) is 0 Å². The van der Waals surface area contributed by atoms with E-state index in [0.717, 1.165) is 0 Å². The number of hydrogen-bond donors (Lipinski definition) is 2. The fourth-order valence-corrected chi connectivity index (χ4v) is 1.20. The summed E-state index contributed by atoms with van der Waals surface area (Å²) in [6.07, 6.45) is -0.351. The van der Waals surface area contributed by atoms with Crippen LogP contribution in [0.1, 0.15) is 20.8 Å². The fourth-order valence-electron chi connectivity index (χ4n) is 1.20. The Bertz CT molecular complexity index is 204. The number of amides is 1. The van der Waals surface area contributed by atoms with Gasteiger partial charge in [-0.05, 0) is 5.41 Å². The molecule has 0 radical (unpaired) electrons. The average Bonchev–Trinajstić information content (AvgIpc) is 1.94. The van der Waals surface area contributed by atoms with Gasteiger partial charge in [0, 0.05) is 13.1 Å². The molecule has 0 aromatic rings. The Labute approximate surface area is 78.7 Å². The van der Waals surface area contributed by atoms with Crippen molar-refractivity contribution in [2.45, 2.75) is 32.9 Å². The highest BCUT2D eigenvalue weighted by Crippen LogP contribution is 2.21. The van der Waals surface area contributed by atoms with Crippen LogP contribution in [0.4, 0.5) is 0 Å². The zero-order valence-corrected chi connectivity index (χ0v) is 8.45. The Morgan fingerprint density at radius 1 is 1.54 bits per heavy atom. The minimum Gasteiger partial charge on any atom is -0.389 e. The molecule has 3 N–H and O–H groups in total. The first-order valence-corrected chi connectivity index (χ1v) is 4.55. The van der Waals surface area contributed by atoms with Gasteiger partial charge in [-0.15, -0.1) is 0 Å². The van der Waals surface area contributed by atoms with Gasteiger partial charge in [-0.3, -0.25) is 4.79 Å². The summed E-state index contributed by atoms with van der Waals surface area (Å²) in [5, 5.41) is 9.02. The Morgan fingerprint density at radius 3 is 2.31 bits per heavy atom. The molecule has 1 rings (SSSR count). The molecule has 1 aliphatic heterocycles. The van der Waals surface area contributed by atoms with Gasteiger partial charge < -0.3 is 15.7 Å². The van der Waals surface area contributed by atoms with Gasteiger partial charge in [0.25, 0.3) is 0 Å². The maximum Gasteiger partial charge on any atom is 0.240 e. The molecule has 0 bridgehead atoms. The lowest BCUT2D eigenvalue weighted by molar-refractivity contribution is -0.145. The second-order valence-electron chi connectivity index (χ2n) is 4.74. The number of β-amino-alcohol motifs (C(OH)–C–C–N with tert-alkyl or cyclic N) is 1. The summed E-state index contributed by atoms with van der Waals surface area (Å²) in [5.41, 5.74) is 5.57. The van der Waals surface area contributed by atoms with Crippen LogP contribution in [0.3, 0.4) is 0 Å². The van der Waals surface area contributed by atoms with Gasteiger partial charge in [0.1, 0.15) is 0 Å². The van der Waals surface area contributed by atoms with Gasteiger partial charge in [-0.1, -0.05) is 20.8 Å². The Hall–Kier alpha value is -0.610. The van der Waals surface area contributed by atoms with Crippen LogP contribution >= 0.6 is 0 Å².